The Balaban J connectivity index is 2.09. The molecule has 0 aliphatic rings. The first-order valence-electron chi connectivity index (χ1n) is 5.43. The van der Waals surface area contributed by atoms with Crippen LogP contribution in [0.5, 0.6) is 0 Å². The lowest BCUT2D eigenvalue weighted by Crippen LogP contribution is -2.02. The van der Waals surface area contributed by atoms with Crippen molar-refractivity contribution in [1.29, 1.82) is 0 Å². The maximum Gasteiger partial charge on any atom is 0.167 e. The summed E-state index contributed by atoms with van der Waals surface area (Å²) in [7, 11) is 0. The molecule has 0 aliphatic carbocycles. The van der Waals surface area contributed by atoms with Gasteiger partial charge >= 0.3 is 0 Å². The molecule has 0 N–H and O–H groups in total. The van der Waals surface area contributed by atoms with E-state index in [1.807, 2.05) is 41.1 Å². The molecule has 82 valence electrons. The van der Waals surface area contributed by atoms with Crippen molar-refractivity contribution in [2.45, 2.75) is 19.8 Å². The fourth-order valence-electron chi connectivity index (χ4n) is 1.61. The first-order chi connectivity index (χ1) is 7.79. The van der Waals surface area contributed by atoms with Gasteiger partial charge in [-0.05, 0) is 34.4 Å². The van der Waals surface area contributed by atoms with Gasteiger partial charge < -0.3 is 0 Å². The Morgan fingerprint density at radius 1 is 1.12 bits per heavy atom. The molecular weight excluding hydrogens is 216 g/mol. The van der Waals surface area contributed by atoms with Crippen molar-refractivity contribution in [3.8, 4) is 0 Å². The van der Waals surface area contributed by atoms with Crippen LogP contribution in [0.3, 0.4) is 0 Å². The quantitative estimate of drug-likeness (QED) is 0.731. The van der Waals surface area contributed by atoms with Crippen molar-refractivity contribution >= 4 is 17.1 Å². The van der Waals surface area contributed by atoms with Crippen molar-refractivity contribution < 1.29 is 4.79 Å². The molecule has 1 aromatic heterocycles. The molecule has 0 unspecified atom stereocenters. The number of carbonyl (C=O) groups excluding carboxylic acids is 1. The van der Waals surface area contributed by atoms with E-state index in [4.69, 9.17) is 0 Å². The maximum atomic E-state index is 11.9. The average Bonchev–Trinajstić information content (AvgIpc) is 2.82. The third-order valence-corrected chi connectivity index (χ3v) is 3.36. The Morgan fingerprint density at radius 2 is 1.88 bits per heavy atom. The zero-order valence-corrected chi connectivity index (χ0v) is 10.1. The van der Waals surface area contributed by atoms with E-state index in [2.05, 4.69) is 6.92 Å². The number of carbonyl (C=O) groups is 1. The summed E-state index contributed by atoms with van der Waals surface area (Å²) in [6.07, 6.45) is 1.52. The number of benzene rings is 1. The van der Waals surface area contributed by atoms with E-state index in [0.717, 1.165) is 17.5 Å². The molecule has 16 heavy (non-hydrogen) atoms. The van der Waals surface area contributed by atoms with Crippen LogP contribution in [0, 0.1) is 0 Å². The smallest absolute Gasteiger partial charge is 0.167 e. The van der Waals surface area contributed by atoms with Gasteiger partial charge in [-0.15, -0.1) is 0 Å². The number of ketones is 1. The summed E-state index contributed by atoms with van der Waals surface area (Å²) >= 11 is 1.63. The van der Waals surface area contributed by atoms with Crippen LogP contribution >= 0.6 is 11.3 Å². The molecule has 1 heterocycles. The van der Waals surface area contributed by atoms with E-state index in [-0.39, 0.29) is 5.78 Å². The normalized spacial score (nSPS) is 10.3. The van der Waals surface area contributed by atoms with Gasteiger partial charge in [0.2, 0.25) is 0 Å². The summed E-state index contributed by atoms with van der Waals surface area (Å²) in [5.74, 6) is 0.195. The van der Waals surface area contributed by atoms with E-state index >= 15 is 0 Å². The molecule has 2 rings (SSSR count). The minimum absolute atomic E-state index is 0.195. The fourth-order valence-corrected chi connectivity index (χ4v) is 2.28. The molecular formula is C14H14OS. The van der Waals surface area contributed by atoms with Crippen molar-refractivity contribution in [3.63, 3.8) is 0 Å². The highest BCUT2D eigenvalue weighted by Crippen LogP contribution is 2.12. The summed E-state index contributed by atoms with van der Waals surface area (Å²) in [6, 6.07) is 9.91. The average molecular weight is 230 g/mol. The zero-order chi connectivity index (χ0) is 11.4. The number of aryl methyl sites for hydroxylation is 1. The fraction of sp³-hybridized carbons (Fsp3) is 0.214. The molecule has 0 spiro atoms. The van der Waals surface area contributed by atoms with Gasteiger partial charge in [0.05, 0.1) is 0 Å². The van der Waals surface area contributed by atoms with Crippen molar-refractivity contribution in [2.75, 3.05) is 0 Å². The largest absolute Gasteiger partial charge is 0.294 e. The standard InChI is InChI=1S/C14H14OS/c1-2-11-3-5-13(6-4-11)14(15)9-12-7-8-16-10-12/h3-8,10H,2,9H2,1H3. The van der Waals surface area contributed by atoms with Crippen LogP contribution in [-0.2, 0) is 12.8 Å². The highest BCUT2D eigenvalue weighted by molar-refractivity contribution is 7.08. The van der Waals surface area contributed by atoms with Gasteiger partial charge in [0.25, 0.3) is 0 Å². The first kappa shape index (κ1) is 11.1. The highest BCUT2D eigenvalue weighted by atomic mass is 32.1. The summed E-state index contributed by atoms with van der Waals surface area (Å²) in [5, 5.41) is 4.03. The van der Waals surface area contributed by atoms with Crippen LogP contribution in [-0.4, -0.2) is 5.78 Å². The number of thiophene rings is 1. The van der Waals surface area contributed by atoms with Gasteiger partial charge in [-0.3, -0.25) is 4.79 Å². The summed E-state index contributed by atoms with van der Waals surface area (Å²) in [5.41, 5.74) is 3.19. The van der Waals surface area contributed by atoms with Crippen LogP contribution in [0.15, 0.2) is 41.1 Å². The van der Waals surface area contributed by atoms with Crippen LogP contribution in [0.25, 0.3) is 0 Å². The second-order valence-electron chi connectivity index (χ2n) is 3.78. The van der Waals surface area contributed by atoms with Gasteiger partial charge in [0.1, 0.15) is 0 Å². The predicted molar refractivity (Wildman–Crippen MR) is 68.2 cm³/mol. The lowest BCUT2D eigenvalue weighted by atomic mass is 10.0. The SMILES string of the molecule is CCc1ccc(C(=O)Cc2ccsc2)cc1. The molecule has 0 aliphatic heterocycles. The van der Waals surface area contributed by atoms with E-state index in [9.17, 15) is 4.79 Å². The molecule has 2 heteroatoms. The van der Waals surface area contributed by atoms with Gasteiger partial charge in [0.15, 0.2) is 5.78 Å². The molecule has 0 amide bonds. The van der Waals surface area contributed by atoms with Crippen LogP contribution in [0.1, 0.15) is 28.4 Å². The second kappa shape index (κ2) is 5.08. The topological polar surface area (TPSA) is 17.1 Å². The van der Waals surface area contributed by atoms with E-state index < -0.39 is 0 Å². The van der Waals surface area contributed by atoms with Crippen LogP contribution in [0.2, 0.25) is 0 Å². The minimum atomic E-state index is 0.195. The Labute approximate surface area is 99.8 Å². The molecule has 0 saturated carbocycles. The minimum Gasteiger partial charge on any atom is -0.294 e. The lowest BCUT2D eigenvalue weighted by Gasteiger charge is -2.01. The van der Waals surface area contributed by atoms with E-state index in [1.165, 1.54) is 5.56 Å². The Hall–Kier alpha value is -1.41. The van der Waals surface area contributed by atoms with Crippen LogP contribution < -0.4 is 0 Å². The molecule has 0 fully saturated rings. The molecule has 1 aromatic carbocycles. The van der Waals surface area contributed by atoms with Crippen molar-refractivity contribution in [1.82, 2.24) is 0 Å². The molecule has 0 radical (unpaired) electrons. The summed E-state index contributed by atoms with van der Waals surface area (Å²) < 4.78 is 0. The van der Waals surface area contributed by atoms with Crippen molar-refractivity contribution in [3.05, 3.63) is 57.8 Å². The zero-order valence-electron chi connectivity index (χ0n) is 9.27. The highest BCUT2D eigenvalue weighted by Gasteiger charge is 2.06. The number of hydrogen-bond donors (Lipinski definition) is 0. The van der Waals surface area contributed by atoms with E-state index in [1.54, 1.807) is 11.3 Å². The number of hydrogen-bond acceptors (Lipinski definition) is 2. The third kappa shape index (κ3) is 2.58. The predicted octanol–water partition coefficient (Wildman–Crippen LogP) is 3.74. The van der Waals surface area contributed by atoms with Gasteiger partial charge in [0, 0.05) is 12.0 Å². The number of Topliss-reactive ketones (excluding diaryl/α,β-unsaturated/α-hetero) is 1. The van der Waals surface area contributed by atoms with Gasteiger partial charge in [-0.1, -0.05) is 31.2 Å². The summed E-state index contributed by atoms with van der Waals surface area (Å²) in [6.45, 7) is 2.11. The maximum absolute atomic E-state index is 11.9. The Kier molecular flexibility index (Phi) is 3.52. The molecule has 0 saturated heterocycles. The van der Waals surface area contributed by atoms with E-state index in [0.29, 0.717) is 6.42 Å². The van der Waals surface area contributed by atoms with Crippen molar-refractivity contribution in [2.24, 2.45) is 0 Å². The second-order valence-corrected chi connectivity index (χ2v) is 4.56. The Morgan fingerprint density at radius 3 is 2.44 bits per heavy atom. The molecule has 1 nitrogen and oxygen atoms in total. The van der Waals surface area contributed by atoms with Gasteiger partial charge in [-0.2, -0.15) is 11.3 Å². The molecule has 0 atom stereocenters. The molecule has 0 bridgehead atoms. The molecule has 2 aromatic rings. The first-order valence-corrected chi connectivity index (χ1v) is 6.37. The lowest BCUT2D eigenvalue weighted by molar-refractivity contribution is 0.0993. The monoisotopic (exact) mass is 230 g/mol. The van der Waals surface area contributed by atoms with Gasteiger partial charge in [-0.25, -0.2) is 0 Å². The summed E-state index contributed by atoms with van der Waals surface area (Å²) in [4.78, 5) is 11.9. The Bertz CT molecular complexity index is 454. The number of rotatable bonds is 4. The van der Waals surface area contributed by atoms with Crippen LogP contribution in [0.4, 0.5) is 0 Å². The third-order valence-electron chi connectivity index (χ3n) is 2.63.